The van der Waals surface area contributed by atoms with E-state index in [-0.39, 0.29) is 5.91 Å². The van der Waals surface area contributed by atoms with E-state index >= 15 is 0 Å². The van der Waals surface area contributed by atoms with E-state index in [1.165, 1.54) is 89.0 Å². The van der Waals surface area contributed by atoms with E-state index in [4.69, 9.17) is 17.0 Å². The van der Waals surface area contributed by atoms with Gasteiger partial charge in [0.1, 0.15) is 5.75 Å². The van der Waals surface area contributed by atoms with Crippen LogP contribution in [0.15, 0.2) is 54.6 Å². The van der Waals surface area contributed by atoms with Crippen LogP contribution in [0.4, 0.5) is 0 Å². The Labute approximate surface area is 231 Å². The summed E-state index contributed by atoms with van der Waals surface area (Å²) >= 11 is 5.34. The first-order valence-corrected chi connectivity index (χ1v) is 15.0. The van der Waals surface area contributed by atoms with Crippen LogP contribution in [0.25, 0.3) is 0 Å². The molecule has 37 heavy (non-hydrogen) atoms. The molecule has 2 aromatic carbocycles. The van der Waals surface area contributed by atoms with Gasteiger partial charge in [-0.2, -0.15) is 0 Å². The van der Waals surface area contributed by atoms with E-state index < -0.39 is 0 Å². The molecule has 2 aromatic rings. The molecular weight excluding hydrogens is 476 g/mol. The molecule has 0 heterocycles. The summed E-state index contributed by atoms with van der Waals surface area (Å²) in [7, 11) is 0. The third-order valence-electron chi connectivity index (χ3n) is 6.67. The number of unbranched alkanes of at least 4 members (excludes halogenated alkanes) is 13. The summed E-state index contributed by atoms with van der Waals surface area (Å²) in [6, 6.07) is 17.5. The van der Waals surface area contributed by atoms with Gasteiger partial charge < -0.3 is 10.1 Å². The molecule has 0 radical (unpaired) electrons. The van der Waals surface area contributed by atoms with E-state index in [1.807, 2.05) is 36.4 Å². The number of rotatable bonds is 20. The van der Waals surface area contributed by atoms with Crippen LogP contribution in [0.3, 0.4) is 0 Å². The molecule has 0 aromatic heterocycles. The van der Waals surface area contributed by atoms with Gasteiger partial charge in [0.2, 0.25) is 0 Å². The van der Waals surface area contributed by atoms with Crippen LogP contribution < -0.4 is 15.4 Å². The Kier molecular flexibility index (Phi) is 17.2. The van der Waals surface area contributed by atoms with Crippen LogP contribution in [0.5, 0.6) is 5.75 Å². The minimum atomic E-state index is -0.242. The highest BCUT2D eigenvalue weighted by molar-refractivity contribution is 7.80. The minimum absolute atomic E-state index is 0.242. The van der Waals surface area contributed by atoms with Gasteiger partial charge in [-0.1, -0.05) is 133 Å². The van der Waals surface area contributed by atoms with Gasteiger partial charge in [0.05, 0.1) is 12.2 Å². The Hall–Kier alpha value is -2.40. The maximum Gasteiger partial charge on any atom is 0.261 e. The van der Waals surface area contributed by atoms with Crippen molar-refractivity contribution < 1.29 is 9.53 Å². The summed E-state index contributed by atoms with van der Waals surface area (Å²) in [5, 5.41) is 6.34. The molecule has 5 heteroatoms. The highest BCUT2D eigenvalue weighted by Gasteiger charge is 2.13. The van der Waals surface area contributed by atoms with Gasteiger partial charge in [-0.15, -0.1) is 0 Å². The largest absolute Gasteiger partial charge is 0.492 e. The smallest absolute Gasteiger partial charge is 0.261 e. The molecule has 0 unspecified atom stereocenters. The third kappa shape index (κ3) is 14.8. The van der Waals surface area contributed by atoms with Crippen LogP contribution in [-0.4, -0.2) is 24.2 Å². The molecule has 4 nitrogen and oxygen atoms in total. The van der Waals surface area contributed by atoms with Crippen molar-refractivity contribution in [1.82, 2.24) is 10.6 Å². The van der Waals surface area contributed by atoms with Crippen molar-refractivity contribution in [2.75, 3.05) is 13.2 Å². The van der Waals surface area contributed by atoms with E-state index in [0.717, 1.165) is 19.4 Å². The van der Waals surface area contributed by atoms with Crippen LogP contribution in [0.1, 0.15) is 113 Å². The van der Waals surface area contributed by atoms with Crippen LogP contribution in [0, 0.1) is 0 Å². The first-order valence-electron chi connectivity index (χ1n) is 14.6. The molecule has 204 valence electrons. The highest BCUT2D eigenvalue weighted by Crippen LogP contribution is 2.18. The summed E-state index contributed by atoms with van der Waals surface area (Å²) in [6.07, 6.45) is 19.6. The number of nitrogens with one attached hydrogen (secondary N) is 2. The average Bonchev–Trinajstić information content (AvgIpc) is 2.91. The van der Waals surface area contributed by atoms with Crippen LogP contribution in [-0.2, 0) is 6.42 Å². The average molecular weight is 525 g/mol. The van der Waals surface area contributed by atoms with E-state index in [1.54, 1.807) is 6.07 Å². The van der Waals surface area contributed by atoms with Crippen LogP contribution in [0.2, 0.25) is 0 Å². The fourth-order valence-corrected chi connectivity index (χ4v) is 4.63. The first-order chi connectivity index (χ1) is 18.2. The molecule has 0 bridgehead atoms. The predicted octanol–water partition coefficient (Wildman–Crippen LogP) is 8.39. The maximum atomic E-state index is 12.8. The van der Waals surface area contributed by atoms with Crippen molar-refractivity contribution >= 4 is 23.2 Å². The number of carbonyl (C=O) groups is 1. The van der Waals surface area contributed by atoms with Crippen molar-refractivity contribution in [2.45, 2.75) is 103 Å². The molecule has 1 amide bonds. The molecule has 0 atom stereocenters. The second-order valence-electron chi connectivity index (χ2n) is 9.89. The SMILES string of the molecule is CCCCCCCCCCCCCCCCNC(=S)NC(=O)c1ccccc1OCCc1ccccc1. The van der Waals surface area contributed by atoms with Crippen LogP contribution >= 0.6 is 12.2 Å². The zero-order valence-corrected chi connectivity index (χ0v) is 23.8. The minimum Gasteiger partial charge on any atom is -0.492 e. The normalized spacial score (nSPS) is 10.7. The Bertz CT molecular complexity index is 872. The number of ether oxygens (including phenoxy) is 1. The number of para-hydroxylation sites is 1. The summed E-state index contributed by atoms with van der Waals surface area (Å²) in [5.41, 5.74) is 1.70. The summed E-state index contributed by atoms with van der Waals surface area (Å²) < 4.78 is 5.91. The van der Waals surface area contributed by atoms with Gasteiger partial charge in [0.15, 0.2) is 5.11 Å². The Morgan fingerprint density at radius 3 is 1.89 bits per heavy atom. The van der Waals surface area contributed by atoms with E-state index in [9.17, 15) is 4.79 Å². The summed E-state index contributed by atoms with van der Waals surface area (Å²) in [5.74, 6) is 0.333. The Balaban J connectivity index is 1.50. The summed E-state index contributed by atoms with van der Waals surface area (Å²) in [4.78, 5) is 12.8. The first kappa shape index (κ1) is 30.8. The number of hydrogen-bond acceptors (Lipinski definition) is 3. The molecule has 0 fully saturated rings. The van der Waals surface area contributed by atoms with Gasteiger partial charge in [-0.05, 0) is 36.3 Å². The van der Waals surface area contributed by atoms with Crippen molar-refractivity contribution in [1.29, 1.82) is 0 Å². The molecule has 0 aliphatic carbocycles. The molecule has 0 aliphatic rings. The summed E-state index contributed by atoms with van der Waals surface area (Å²) in [6.45, 7) is 3.57. The lowest BCUT2D eigenvalue weighted by Crippen LogP contribution is -2.39. The highest BCUT2D eigenvalue weighted by atomic mass is 32.1. The van der Waals surface area contributed by atoms with Gasteiger partial charge in [0.25, 0.3) is 5.91 Å². The van der Waals surface area contributed by atoms with Gasteiger partial charge in [-0.25, -0.2) is 0 Å². The quantitative estimate of drug-likeness (QED) is 0.135. The molecule has 2 rings (SSSR count). The Morgan fingerprint density at radius 2 is 1.27 bits per heavy atom. The molecule has 0 spiro atoms. The zero-order valence-electron chi connectivity index (χ0n) is 22.9. The molecular formula is C32H48N2O2S. The number of hydrogen-bond donors (Lipinski definition) is 2. The number of benzene rings is 2. The van der Waals surface area contributed by atoms with Gasteiger partial charge in [0, 0.05) is 13.0 Å². The monoisotopic (exact) mass is 524 g/mol. The molecule has 0 aliphatic heterocycles. The second kappa shape index (κ2) is 20.6. The van der Waals surface area contributed by atoms with Gasteiger partial charge >= 0.3 is 0 Å². The topological polar surface area (TPSA) is 50.4 Å². The van der Waals surface area contributed by atoms with E-state index in [0.29, 0.717) is 23.0 Å². The maximum absolute atomic E-state index is 12.8. The lowest BCUT2D eigenvalue weighted by atomic mass is 10.0. The number of carbonyl (C=O) groups excluding carboxylic acids is 1. The Morgan fingerprint density at radius 1 is 0.730 bits per heavy atom. The second-order valence-corrected chi connectivity index (χ2v) is 10.3. The van der Waals surface area contributed by atoms with Crippen molar-refractivity contribution in [2.24, 2.45) is 0 Å². The van der Waals surface area contributed by atoms with Crippen molar-refractivity contribution in [3.05, 3.63) is 65.7 Å². The number of thiocarbonyl (C=S) groups is 1. The fraction of sp³-hybridized carbons (Fsp3) is 0.562. The predicted molar refractivity (Wildman–Crippen MR) is 160 cm³/mol. The number of amides is 1. The molecule has 2 N–H and O–H groups in total. The lowest BCUT2D eigenvalue weighted by molar-refractivity contribution is 0.0972. The van der Waals surface area contributed by atoms with Gasteiger partial charge in [-0.3, -0.25) is 10.1 Å². The fourth-order valence-electron chi connectivity index (χ4n) is 4.44. The molecule has 0 saturated carbocycles. The van der Waals surface area contributed by atoms with Crippen molar-refractivity contribution in [3.63, 3.8) is 0 Å². The van der Waals surface area contributed by atoms with Crippen molar-refractivity contribution in [3.8, 4) is 5.75 Å². The standard InChI is InChI=1S/C32H48N2O2S/c1-2-3-4-5-6-7-8-9-10-11-12-13-14-20-26-33-32(37)34-31(35)29-23-18-19-24-30(29)36-27-25-28-21-16-15-17-22-28/h15-19,21-24H,2-14,20,25-27H2,1H3,(H2,33,34,35,37). The lowest BCUT2D eigenvalue weighted by Gasteiger charge is -2.13. The third-order valence-corrected chi connectivity index (χ3v) is 6.91. The zero-order chi connectivity index (χ0) is 26.4. The van der Waals surface area contributed by atoms with E-state index in [2.05, 4.69) is 29.7 Å². The molecule has 0 saturated heterocycles.